The number of amides is 1. The van der Waals surface area contributed by atoms with Crippen LogP contribution in [0.1, 0.15) is 48.9 Å². The molecule has 1 N–H and O–H groups in total. The van der Waals surface area contributed by atoms with E-state index in [1.807, 2.05) is 4.40 Å². The minimum atomic E-state index is -0.148. The summed E-state index contributed by atoms with van der Waals surface area (Å²) in [5, 5.41) is 13.8. The largest absolute Gasteiger partial charge is 0.497 e. The van der Waals surface area contributed by atoms with Gasteiger partial charge in [-0.2, -0.15) is 0 Å². The van der Waals surface area contributed by atoms with Gasteiger partial charge in [-0.25, -0.2) is 4.98 Å². The van der Waals surface area contributed by atoms with Crippen molar-refractivity contribution in [3.63, 3.8) is 0 Å². The van der Waals surface area contributed by atoms with Crippen LogP contribution in [0.4, 0.5) is 5.69 Å². The van der Waals surface area contributed by atoms with Crippen molar-refractivity contribution in [3.05, 3.63) is 34.5 Å². The maximum atomic E-state index is 12.7. The fraction of sp³-hybridized carbons (Fsp3) is 0.417. The topological polar surface area (TPSA) is 90.6 Å². The first-order valence-electron chi connectivity index (χ1n) is 11.3. The van der Waals surface area contributed by atoms with E-state index < -0.39 is 0 Å². The van der Waals surface area contributed by atoms with Gasteiger partial charge in [-0.15, -0.1) is 21.5 Å². The van der Waals surface area contributed by atoms with Crippen molar-refractivity contribution < 1.29 is 14.3 Å². The Balaban J connectivity index is 1.44. The van der Waals surface area contributed by atoms with E-state index in [4.69, 9.17) is 14.5 Å². The molecule has 0 unspecified atom stereocenters. The highest BCUT2D eigenvalue weighted by atomic mass is 32.2. The molecule has 5 rings (SSSR count). The number of rotatable bonds is 7. The number of carbonyl (C=O) groups is 1. The van der Waals surface area contributed by atoms with Crippen molar-refractivity contribution in [2.75, 3.05) is 25.3 Å². The minimum Gasteiger partial charge on any atom is -0.497 e. The van der Waals surface area contributed by atoms with Crippen LogP contribution in [-0.2, 0) is 17.6 Å². The van der Waals surface area contributed by atoms with Crippen LogP contribution >= 0.6 is 23.1 Å². The zero-order valence-electron chi connectivity index (χ0n) is 19.7. The number of fused-ring (bicyclic) bond motifs is 5. The van der Waals surface area contributed by atoms with Gasteiger partial charge in [0.2, 0.25) is 5.91 Å². The molecule has 178 valence electrons. The van der Waals surface area contributed by atoms with Crippen molar-refractivity contribution in [2.24, 2.45) is 0 Å². The predicted octanol–water partition coefficient (Wildman–Crippen LogP) is 5.09. The van der Waals surface area contributed by atoms with Crippen LogP contribution in [0.2, 0.25) is 0 Å². The summed E-state index contributed by atoms with van der Waals surface area (Å²) in [7, 11) is 3.16. The Morgan fingerprint density at radius 3 is 2.59 bits per heavy atom. The van der Waals surface area contributed by atoms with Gasteiger partial charge in [0.15, 0.2) is 10.8 Å². The van der Waals surface area contributed by atoms with E-state index in [9.17, 15) is 4.79 Å². The molecule has 1 aromatic carbocycles. The van der Waals surface area contributed by atoms with Gasteiger partial charge < -0.3 is 14.8 Å². The second kappa shape index (κ2) is 9.42. The molecule has 1 aliphatic carbocycles. The van der Waals surface area contributed by atoms with Crippen LogP contribution < -0.4 is 14.8 Å². The number of aromatic nitrogens is 4. The smallest absolute Gasteiger partial charge is 0.234 e. The second-order valence-electron chi connectivity index (χ2n) is 8.60. The summed E-state index contributed by atoms with van der Waals surface area (Å²) in [5.74, 6) is 2.39. The Labute approximate surface area is 206 Å². The molecule has 0 radical (unpaired) electrons. The molecule has 0 saturated carbocycles. The summed E-state index contributed by atoms with van der Waals surface area (Å²) in [5.41, 5.74) is 2.85. The van der Waals surface area contributed by atoms with Gasteiger partial charge in [0.1, 0.15) is 22.2 Å². The van der Waals surface area contributed by atoms with Gasteiger partial charge in [-0.1, -0.05) is 25.6 Å². The van der Waals surface area contributed by atoms with E-state index >= 15 is 0 Å². The van der Waals surface area contributed by atoms with Gasteiger partial charge >= 0.3 is 0 Å². The number of ether oxygens (including phenoxy) is 2. The number of hydrogen-bond acceptors (Lipinski definition) is 8. The van der Waals surface area contributed by atoms with Crippen molar-refractivity contribution >= 4 is 50.6 Å². The number of thioether (sulfide) groups is 1. The first-order chi connectivity index (χ1) is 16.5. The number of methoxy groups -OCH3 is 2. The fourth-order valence-electron chi connectivity index (χ4n) is 4.34. The number of thiophene rings is 1. The average molecular weight is 498 g/mol. The highest BCUT2D eigenvalue weighted by molar-refractivity contribution is 7.99. The molecule has 10 heteroatoms. The van der Waals surface area contributed by atoms with Gasteiger partial charge in [0.05, 0.1) is 25.4 Å². The number of aryl methyl sites for hydroxylation is 2. The van der Waals surface area contributed by atoms with Crippen LogP contribution in [0.25, 0.3) is 15.9 Å². The summed E-state index contributed by atoms with van der Waals surface area (Å²) in [4.78, 5) is 20.3. The SMILES string of the molecule is COc1cc(NC(=O)CSc2nnc3c4c5c(sc4nc(C(C)C)n23)CCCC5)cc(OC)c1. The first kappa shape index (κ1) is 22.9. The van der Waals surface area contributed by atoms with Crippen LogP contribution in [0.5, 0.6) is 11.5 Å². The van der Waals surface area contributed by atoms with Crippen molar-refractivity contribution in [2.45, 2.75) is 50.6 Å². The number of nitrogens with zero attached hydrogens (tertiary/aromatic N) is 4. The summed E-state index contributed by atoms with van der Waals surface area (Å²) < 4.78 is 12.6. The number of hydrogen-bond donors (Lipinski definition) is 1. The molecule has 0 saturated heterocycles. The van der Waals surface area contributed by atoms with E-state index in [0.717, 1.165) is 34.5 Å². The molecule has 0 atom stereocenters. The fourth-order valence-corrected chi connectivity index (χ4v) is 6.34. The van der Waals surface area contributed by atoms with Crippen LogP contribution in [0.3, 0.4) is 0 Å². The lowest BCUT2D eigenvalue weighted by molar-refractivity contribution is -0.113. The lowest BCUT2D eigenvalue weighted by Gasteiger charge is -2.12. The summed E-state index contributed by atoms with van der Waals surface area (Å²) in [6.07, 6.45) is 4.61. The van der Waals surface area contributed by atoms with Crippen molar-refractivity contribution in [3.8, 4) is 11.5 Å². The van der Waals surface area contributed by atoms with E-state index in [-0.39, 0.29) is 17.6 Å². The lowest BCUT2D eigenvalue weighted by Crippen LogP contribution is -2.15. The molecule has 0 aliphatic heterocycles. The minimum absolute atomic E-state index is 0.148. The van der Waals surface area contributed by atoms with Gasteiger partial charge in [0, 0.05) is 34.7 Å². The third-order valence-corrected chi connectivity index (χ3v) is 8.05. The molecule has 1 amide bonds. The summed E-state index contributed by atoms with van der Waals surface area (Å²) in [6.45, 7) is 4.25. The Hall–Kier alpha value is -2.85. The van der Waals surface area contributed by atoms with Gasteiger partial charge in [-0.05, 0) is 31.2 Å². The van der Waals surface area contributed by atoms with E-state index in [0.29, 0.717) is 22.3 Å². The molecule has 1 aliphatic rings. The van der Waals surface area contributed by atoms with E-state index in [1.165, 1.54) is 35.0 Å². The van der Waals surface area contributed by atoms with Gasteiger partial charge in [0.25, 0.3) is 0 Å². The molecule has 4 aromatic rings. The normalized spacial score (nSPS) is 13.4. The Bertz CT molecular complexity index is 1360. The van der Waals surface area contributed by atoms with Crippen LogP contribution in [0, 0.1) is 0 Å². The third kappa shape index (κ3) is 4.20. The highest BCUT2D eigenvalue weighted by Gasteiger charge is 2.24. The predicted molar refractivity (Wildman–Crippen MR) is 136 cm³/mol. The maximum absolute atomic E-state index is 12.7. The molecule has 0 fully saturated rings. The zero-order valence-corrected chi connectivity index (χ0v) is 21.3. The number of nitrogens with one attached hydrogen (secondary N) is 1. The first-order valence-corrected chi connectivity index (χ1v) is 13.1. The van der Waals surface area contributed by atoms with Crippen LogP contribution in [0.15, 0.2) is 23.4 Å². The molecular formula is C24H27N5O3S2. The third-order valence-electron chi connectivity index (χ3n) is 5.94. The molecule has 8 nitrogen and oxygen atoms in total. The Morgan fingerprint density at radius 1 is 1.15 bits per heavy atom. The molecule has 3 heterocycles. The van der Waals surface area contributed by atoms with Crippen molar-refractivity contribution in [1.29, 1.82) is 0 Å². The van der Waals surface area contributed by atoms with E-state index in [2.05, 4.69) is 29.4 Å². The zero-order chi connectivity index (χ0) is 23.8. The number of anilines is 1. The molecular weight excluding hydrogens is 470 g/mol. The summed E-state index contributed by atoms with van der Waals surface area (Å²) in [6, 6.07) is 5.28. The number of carbonyl (C=O) groups excluding carboxylic acids is 1. The summed E-state index contributed by atoms with van der Waals surface area (Å²) >= 11 is 3.16. The molecule has 0 bridgehead atoms. The average Bonchev–Trinajstić information content (AvgIpc) is 3.42. The molecule has 3 aromatic heterocycles. The quantitative estimate of drug-likeness (QED) is 0.356. The van der Waals surface area contributed by atoms with Crippen LogP contribution in [-0.4, -0.2) is 45.5 Å². The maximum Gasteiger partial charge on any atom is 0.234 e. The second-order valence-corrected chi connectivity index (χ2v) is 10.6. The highest BCUT2D eigenvalue weighted by Crippen LogP contribution is 2.39. The van der Waals surface area contributed by atoms with E-state index in [1.54, 1.807) is 43.8 Å². The number of benzene rings is 1. The Kier molecular flexibility index (Phi) is 6.35. The molecule has 0 spiro atoms. The lowest BCUT2D eigenvalue weighted by atomic mass is 9.97. The van der Waals surface area contributed by atoms with Gasteiger partial charge in [-0.3, -0.25) is 9.20 Å². The monoisotopic (exact) mass is 497 g/mol. The Morgan fingerprint density at radius 2 is 1.88 bits per heavy atom. The molecule has 34 heavy (non-hydrogen) atoms. The standard InChI is InChI=1S/C24H27N5O3S2/c1-13(2)21-26-23-20(17-7-5-6-8-18(17)34-23)22-27-28-24(29(21)22)33-12-19(30)25-14-9-15(31-3)11-16(10-14)32-4/h9-11,13H,5-8,12H2,1-4H3,(H,25,30). The van der Waals surface area contributed by atoms with Crippen molar-refractivity contribution in [1.82, 2.24) is 19.6 Å².